The van der Waals surface area contributed by atoms with Crippen LogP contribution in [0.1, 0.15) is 31.2 Å². The molecule has 0 bridgehead atoms. The number of unbranched alkanes of at least 4 members (excludes halogenated alkanes) is 1. The van der Waals surface area contributed by atoms with Crippen LogP contribution in [0.15, 0.2) is 43.5 Å². The van der Waals surface area contributed by atoms with Crippen molar-refractivity contribution in [2.24, 2.45) is 0 Å². The van der Waals surface area contributed by atoms with E-state index in [1.54, 1.807) is 0 Å². The number of benzene rings is 1. The predicted molar refractivity (Wildman–Crippen MR) is 80.1 cm³/mol. The lowest BCUT2D eigenvalue weighted by Gasteiger charge is -2.00. The van der Waals surface area contributed by atoms with E-state index in [-0.39, 0.29) is 11.5 Å². The summed E-state index contributed by atoms with van der Waals surface area (Å²) in [6.07, 6.45) is 1.85. The van der Waals surface area contributed by atoms with Gasteiger partial charge in [0.05, 0.1) is 0 Å². The van der Waals surface area contributed by atoms with Crippen molar-refractivity contribution in [3.05, 3.63) is 49.1 Å². The first-order valence-corrected chi connectivity index (χ1v) is 7.08. The van der Waals surface area contributed by atoms with Crippen LogP contribution in [0.4, 0.5) is 0 Å². The third kappa shape index (κ3) is 10.1. The van der Waals surface area contributed by atoms with Crippen molar-refractivity contribution >= 4 is 22.8 Å². The molecule has 0 amide bonds. The van der Waals surface area contributed by atoms with Gasteiger partial charge in [-0.2, -0.15) is 0 Å². The summed E-state index contributed by atoms with van der Waals surface area (Å²) in [6.45, 7) is 6.00. The van der Waals surface area contributed by atoms with Crippen LogP contribution >= 0.6 is 11.8 Å². The highest BCUT2D eigenvalue weighted by Gasteiger charge is 2.04. The molecule has 0 unspecified atom stereocenters. The molecule has 0 aliphatic carbocycles. The molecule has 0 heterocycles. The molecule has 0 saturated heterocycles. The zero-order valence-corrected chi connectivity index (χ0v) is 11.8. The average molecular weight is 280 g/mol. The van der Waals surface area contributed by atoms with Gasteiger partial charge in [-0.25, -0.2) is 0 Å². The molecule has 1 N–H and O–H groups in total. The number of thioether (sulfide) groups is 1. The zero-order valence-electron chi connectivity index (χ0n) is 11.0. The minimum atomic E-state index is -0.797. The summed E-state index contributed by atoms with van der Waals surface area (Å²) < 4.78 is 0. The van der Waals surface area contributed by atoms with E-state index in [9.17, 15) is 9.59 Å². The molecule has 3 nitrogen and oxygen atoms in total. The molecule has 1 aromatic carbocycles. The Balaban J connectivity index is 0.00000154. The summed E-state index contributed by atoms with van der Waals surface area (Å²) in [5, 5.41) is 8.58. The normalized spacial score (nSPS) is 9.26. The van der Waals surface area contributed by atoms with Crippen LogP contribution in [0.5, 0.6) is 0 Å². The van der Waals surface area contributed by atoms with Gasteiger partial charge in [-0.15, -0.1) is 13.2 Å². The molecular weight excluding hydrogens is 260 g/mol. The highest BCUT2D eigenvalue weighted by Crippen LogP contribution is 2.16. The predicted octanol–water partition coefficient (Wildman–Crippen LogP) is 3.89. The first-order valence-electron chi connectivity index (χ1n) is 6.10. The van der Waals surface area contributed by atoms with Gasteiger partial charge in [0.15, 0.2) is 5.12 Å². The molecule has 0 aliphatic rings. The molecule has 0 atom stereocenters. The average Bonchev–Trinajstić information content (AvgIpc) is 2.44. The number of carbonyl (C=O) groups excluding carboxylic acids is 1. The number of carboxylic acids is 1. The van der Waals surface area contributed by atoms with E-state index in [1.165, 1.54) is 11.8 Å². The third-order valence-corrected chi connectivity index (χ3v) is 3.27. The highest BCUT2D eigenvalue weighted by molar-refractivity contribution is 8.12. The summed E-state index contributed by atoms with van der Waals surface area (Å²) in [5.41, 5.74) is 1.14. The largest absolute Gasteiger partial charge is 0.481 e. The van der Waals surface area contributed by atoms with Crippen LogP contribution < -0.4 is 0 Å². The Kier molecular flexibility index (Phi) is 10.6. The van der Waals surface area contributed by atoms with Gasteiger partial charge in [-0.05, 0) is 18.4 Å². The van der Waals surface area contributed by atoms with Crippen molar-refractivity contribution in [3.8, 4) is 0 Å². The number of rotatable bonds is 7. The maximum Gasteiger partial charge on any atom is 0.303 e. The van der Waals surface area contributed by atoms with Gasteiger partial charge in [0.2, 0.25) is 0 Å². The van der Waals surface area contributed by atoms with Crippen LogP contribution in [0.25, 0.3) is 0 Å². The summed E-state index contributed by atoms with van der Waals surface area (Å²) in [4.78, 5) is 21.7. The minimum Gasteiger partial charge on any atom is -0.481 e. The van der Waals surface area contributed by atoms with Crippen molar-refractivity contribution in [3.63, 3.8) is 0 Å². The monoisotopic (exact) mass is 280 g/mol. The summed E-state index contributed by atoms with van der Waals surface area (Å²) in [6, 6.07) is 9.83. The van der Waals surface area contributed by atoms with E-state index in [4.69, 9.17) is 5.11 Å². The van der Waals surface area contributed by atoms with Gasteiger partial charge < -0.3 is 5.11 Å². The summed E-state index contributed by atoms with van der Waals surface area (Å²) in [7, 11) is 0. The second kappa shape index (κ2) is 11.5. The molecule has 1 rings (SSSR count). The lowest BCUT2D eigenvalue weighted by Crippen LogP contribution is -1.97. The number of hydrogen-bond acceptors (Lipinski definition) is 3. The lowest BCUT2D eigenvalue weighted by molar-refractivity contribution is -0.137. The maximum absolute atomic E-state index is 11.5. The Labute approximate surface area is 118 Å². The Hall–Kier alpha value is -1.55. The van der Waals surface area contributed by atoms with Crippen molar-refractivity contribution in [1.82, 2.24) is 0 Å². The van der Waals surface area contributed by atoms with Crippen molar-refractivity contribution in [2.45, 2.75) is 31.4 Å². The molecule has 4 heteroatoms. The SMILES string of the molecule is C=C.O=C(O)CCCCC(=O)SCc1ccccc1. The van der Waals surface area contributed by atoms with Crippen molar-refractivity contribution < 1.29 is 14.7 Å². The Bertz CT molecular complexity index is 376. The third-order valence-electron chi connectivity index (χ3n) is 2.26. The fraction of sp³-hybridized carbons (Fsp3) is 0.333. The Morgan fingerprint density at radius 1 is 1.05 bits per heavy atom. The van der Waals surface area contributed by atoms with Crippen LogP contribution in [-0.4, -0.2) is 16.2 Å². The summed E-state index contributed by atoms with van der Waals surface area (Å²) in [5.74, 6) is -0.104. The first kappa shape index (κ1) is 17.4. The Morgan fingerprint density at radius 3 is 2.21 bits per heavy atom. The molecule has 0 spiro atoms. The molecule has 1 aromatic rings. The smallest absolute Gasteiger partial charge is 0.303 e. The lowest BCUT2D eigenvalue weighted by atomic mass is 10.2. The molecule has 19 heavy (non-hydrogen) atoms. The molecule has 0 saturated carbocycles. The second-order valence-corrected chi connectivity index (χ2v) is 4.78. The molecule has 0 aliphatic heterocycles. The van der Waals surface area contributed by atoms with E-state index >= 15 is 0 Å². The number of carbonyl (C=O) groups is 2. The van der Waals surface area contributed by atoms with Crippen LogP contribution in [0.3, 0.4) is 0 Å². The number of aliphatic carboxylic acids is 1. The van der Waals surface area contributed by atoms with Gasteiger partial charge in [0, 0.05) is 18.6 Å². The van der Waals surface area contributed by atoms with Gasteiger partial charge in [-0.1, -0.05) is 42.1 Å². The van der Waals surface area contributed by atoms with Crippen LogP contribution in [-0.2, 0) is 15.3 Å². The van der Waals surface area contributed by atoms with Crippen LogP contribution in [0.2, 0.25) is 0 Å². The number of hydrogen-bond donors (Lipinski definition) is 1. The van der Waals surface area contributed by atoms with E-state index in [0.29, 0.717) is 25.0 Å². The van der Waals surface area contributed by atoms with E-state index in [2.05, 4.69) is 13.2 Å². The van der Waals surface area contributed by atoms with Gasteiger partial charge in [0.1, 0.15) is 0 Å². The van der Waals surface area contributed by atoms with Gasteiger partial charge in [0.25, 0.3) is 0 Å². The quantitative estimate of drug-likeness (QED) is 0.608. The molecule has 0 radical (unpaired) electrons. The van der Waals surface area contributed by atoms with E-state index < -0.39 is 5.97 Å². The van der Waals surface area contributed by atoms with Crippen molar-refractivity contribution in [2.75, 3.05) is 0 Å². The maximum atomic E-state index is 11.5. The zero-order chi connectivity index (χ0) is 14.5. The van der Waals surface area contributed by atoms with E-state index in [0.717, 1.165) is 5.56 Å². The minimum absolute atomic E-state index is 0.138. The highest BCUT2D eigenvalue weighted by atomic mass is 32.2. The molecule has 0 aromatic heterocycles. The fourth-order valence-corrected chi connectivity index (χ4v) is 2.16. The number of carboxylic acid groups (broad SMARTS) is 1. The van der Waals surface area contributed by atoms with E-state index in [1.807, 2.05) is 30.3 Å². The summed E-state index contributed by atoms with van der Waals surface area (Å²) >= 11 is 1.30. The van der Waals surface area contributed by atoms with Crippen LogP contribution in [0, 0.1) is 0 Å². The molecule has 104 valence electrons. The standard InChI is InChI=1S/C13H16O3S.C2H4/c14-12(15)8-4-5-9-13(16)17-10-11-6-2-1-3-7-11;1-2/h1-3,6-7H,4-5,8-10H2,(H,14,15);1-2H2. The Morgan fingerprint density at radius 2 is 1.63 bits per heavy atom. The van der Waals surface area contributed by atoms with Crippen molar-refractivity contribution in [1.29, 1.82) is 0 Å². The second-order valence-electron chi connectivity index (χ2n) is 3.75. The molecular formula is C15H20O3S. The topological polar surface area (TPSA) is 54.4 Å². The first-order chi connectivity index (χ1) is 9.18. The van der Waals surface area contributed by atoms with Gasteiger partial charge >= 0.3 is 5.97 Å². The van der Waals surface area contributed by atoms with Gasteiger partial charge in [-0.3, -0.25) is 9.59 Å². The molecule has 0 fully saturated rings. The fourth-order valence-electron chi connectivity index (χ4n) is 1.36.